The zero-order valence-electron chi connectivity index (χ0n) is 12.9. The average Bonchev–Trinajstić information content (AvgIpc) is 2.93. The van der Waals surface area contributed by atoms with E-state index in [0.29, 0.717) is 5.78 Å². The Balaban J connectivity index is 1.70. The van der Waals surface area contributed by atoms with Crippen LogP contribution in [-0.2, 0) is 4.79 Å². The molecule has 0 aromatic heterocycles. The Hall–Kier alpha value is -0.370. The number of Topliss-reactive ketones (excluding diaryl/α,β-unsaturated/α-hetero) is 1. The molecule has 2 saturated heterocycles. The van der Waals surface area contributed by atoms with E-state index < -0.39 is 0 Å². The minimum atomic E-state index is 0.350. The zero-order valence-corrected chi connectivity index (χ0v) is 12.9. The molecule has 2 aliphatic heterocycles. The van der Waals surface area contributed by atoms with Gasteiger partial charge in [0.25, 0.3) is 0 Å². The van der Waals surface area contributed by atoms with Crippen LogP contribution in [0.2, 0.25) is 0 Å². The van der Waals surface area contributed by atoms with Gasteiger partial charge in [-0.3, -0.25) is 4.90 Å². The smallest absolute Gasteiger partial charge is 0.129 e. The second kappa shape index (κ2) is 7.42. The minimum absolute atomic E-state index is 0.350. The first-order chi connectivity index (χ1) is 9.22. The number of hydrogen-bond acceptors (Lipinski definition) is 2. The van der Waals surface area contributed by atoms with Crippen molar-refractivity contribution in [2.24, 2.45) is 0 Å². The lowest BCUT2D eigenvalue weighted by Gasteiger charge is -2.30. The van der Waals surface area contributed by atoms with Gasteiger partial charge in [0.2, 0.25) is 0 Å². The Kier molecular flexibility index (Phi) is 5.87. The van der Waals surface area contributed by atoms with Crippen molar-refractivity contribution in [1.82, 2.24) is 4.90 Å². The van der Waals surface area contributed by atoms with E-state index in [1.807, 2.05) is 0 Å². The Morgan fingerprint density at radius 2 is 1.68 bits per heavy atom. The maximum atomic E-state index is 10.9. The molecule has 0 saturated carbocycles. The molecule has 0 aromatic carbocycles. The second-order valence-corrected chi connectivity index (χ2v) is 6.65. The molecule has 0 radical (unpaired) electrons. The van der Waals surface area contributed by atoms with Gasteiger partial charge in [-0.1, -0.05) is 26.2 Å². The van der Waals surface area contributed by atoms with Gasteiger partial charge in [0, 0.05) is 24.5 Å². The first-order valence-corrected chi connectivity index (χ1v) is 8.49. The van der Waals surface area contributed by atoms with Crippen molar-refractivity contribution in [1.29, 1.82) is 0 Å². The molecule has 2 nitrogen and oxygen atoms in total. The molecule has 2 aliphatic rings. The fourth-order valence-electron chi connectivity index (χ4n) is 4.26. The number of unbranched alkanes of at least 4 members (excludes halogenated alkanes) is 2. The van der Waals surface area contributed by atoms with E-state index in [-0.39, 0.29) is 0 Å². The normalized spacial score (nSPS) is 30.7. The maximum Gasteiger partial charge on any atom is 0.129 e. The highest BCUT2D eigenvalue weighted by atomic mass is 16.1. The van der Waals surface area contributed by atoms with Crippen molar-refractivity contribution in [3.05, 3.63) is 0 Å². The zero-order chi connectivity index (χ0) is 13.7. The van der Waals surface area contributed by atoms with Crippen LogP contribution in [0.15, 0.2) is 0 Å². The maximum absolute atomic E-state index is 10.9. The van der Waals surface area contributed by atoms with E-state index in [9.17, 15) is 4.79 Å². The summed E-state index contributed by atoms with van der Waals surface area (Å²) in [6, 6.07) is 2.67. The summed E-state index contributed by atoms with van der Waals surface area (Å²) >= 11 is 0. The molecule has 110 valence electrons. The molecule has 2 heteroatoms. The van der Waals surface area contributed by atoms with Crippen molar-refractivity contribution < 1.29 is 4.79 Å². The van der Waals surface area contributed by atoms with Crippen molar-refractivity contribution in [2.75, 3.05) is 0 Å². The van der Waals surface area contributed by atoms with Gasteiger partial charge in [0.05, 0.1) is 0 Å². The third-order valence-electron chi connectivity index (χ3n) is 5.12. The number of carbonyl (C=O) groups excluding carboxylic acids is 1. The highest BCUT2D eigenvalue weighted by Gasteiger charge is 2.41. The van der Waals surface area contributed by atoms with E-state index in [1.165, 1.54) is 57.8 Å². The Labute approximate surface area is 118 Å². The highest BCUT2D eigenvalue weighted by Crippen LogP contribution is 2.39. The van der Waals surface area contributed by atoms with Crippen molar-refractivity contribution in [3.8, 4) is 0 Å². The lowest BCUT2D eigenvalue weighted by Crippen LogP contribution is -2.38. The Morgan fingerprint density at radius 1 is 1.00 bits per heavy atom. The molecule has 0 N–H and O–H groups in total. The summed E-state index contributed by atoms with van der Waals surface area (Å²) in [6.07, 6.45) is 14.3. The van der Waals surface area contributed by atoms with Gasteiger partial charge in [-0.25, -0.2) is 0 Å². The molecule has 0 aliphatic carbocycles. The molecule has 0 unspecified atom stereocenters. The minimum Gasteiger partial charge on any atom is -0.300 e. The van der Waals surface area contributed by atoms with Crippen LogP contribution in [0, 0.1) is 0 Å². The second-order valence-electron chi connectivity index (χ2n) is 6.65. The first kappa shape index (κ1) is 15.0. The first-order valence-electron chi connectivity index (χ1n) is 8.49. The van der Waals surface area contributed by atoms with Crippen molar-refractivity contribution >= 4 is 5.78 Å². The molecule has 0 spiro atoms. The lowest BCUT2D eigenvalue weighted by molar-refractivity contribution is -0.117. The average molecular weight is 265 g/mol. The third-order valence-corrected chi connectivity index (χ3v) is 5.12. The van der Waals surface area contributed by atoms with Crippen LogP contribution in [0.4, 0.5) is 0 Å². The molecule has 0 bridgehead atoms. The van der Waals surface area contributed by atoms with Gasteiger partial charge >= 0.3 is 0 Å². The SMILES string of the molecule is CCC[C@H]1CC[C@@H]2CC[C@@H](CCCCCC(C)=O)N21. The van der Waals surface area contributed by atoms with E-state index in [2.05, 4.69) is 11.8 Å². The largest absolute Gasteiger partial charge is 0.300 e. The van der Waals surface area contributed by atoms with Gasteiger partial charge < -0.3 is 4.79 Å². The van der Waals surface area contributed by atoms with Crippen LogP contribution < -0.4 is 0 Å². The summed E-state index contributed by atoms with van der Waals surface area (Å²) in [5.41, 5.74) is 0. The van der Waals surface area contributed by atoms with Gasteiger partial charge in [-0.15, -0.1) is 0 Å². The molecule has 2 fully saturated rings. The van der Waals surface area contributed by atoms with Crippen LogP contribution in [0.1, 0.15) is 84.5 Å². The predicted molar refractivity (Wildman–Crippen MR) is 80.3 cm³/mol. The summed E-state index contributed by atoms with van der Waals surface area (Å²) < 4.78 is 0. The Bertz CT molecular complexity index is 287. The predicted octanol–water partition coefficient (Wildman–Crippen LogP) is 4.32. The quantitative estimate of drug-likeness (QED) is 0.609. The van der Waals surface area contributed by atoms with E-state index in [0.717, 1.165) is 31.0 Å². The number of hydrogen-bond donors (Lipinski definition) is 0. The molecule has 3 atom stereocenters. The fraction of sp³-hybridized carbons (Fsp3) is 0.941. The molecule has 19 heavy (non-hydrogen) atoms. The Morgan fingerprint density at radius 3 is 2.32 bits per heavy atom. The number of rotatable bonds is 8. The summed E-state index contributed by atoms with van der Waals surface area (Å²) in [6.45, 7) is 4.03. The van der Waals surface area contributed by atoms with Gasteiger partial charge in [0.1, 0.15) is 5.78 Å². The summed E-state index contributed by atoms with van der Waals surface area (Å²) in [7, 11) is 0. The number of ketones is 1. The third kappa shape index (κ3) is 4.05. The fourth-order valence-corrected chi connectivity index (χ4v) is 4.26. The van der Waals surface area contributed by atoms with Gasteiger partial charge in [0.15, 0.2) is 0 Å². The number of nitrogens with zero attached hydrogens (tertiary/aromatic N) is 1. The number of carbonyl (C=O) groups is 1. The molecular weight excluding hydrogens is 234 g/mol. The van der Waals surface area contributed by atoms with Crippen LogP contribution in [-0.4, -0.2) is 28.8 Å². The van der Waals surface area contributed by atoms with Crippen molar-refractivity contribution in [2.45, 2.75) is 103 Å². The molecular formula is C17H31NO. The van der Waals surface area contributed by atoms with Crippen LogP contribution in [0.5, 0.6) is 0 Å². The monoisotopic (exact) mass is 265 g/mol. The standard InChI is InChI=1S/C17H31NO/c1-3-7-15-10-12-17-13-11-16(18(15)17)9-6-4-5-8-14(2)19/h15-17H,3-13H2,1-2H3/t15-,16+,17+/m0/s1. The molecule has 2 rings (SSSR count). The van der Waals surface area contributed by atoms with Crippen LogP contribution in [0.3, 0.4) is 0 Å². The van der Waals surface area contributed by atoms with Gasteiger partial charge in [-0.05, 0) is 51.9 Å². The van der Waals surface area contributed by atoms with E-state index >= 15 is 0 Å². The summed E-state index contributed by atoms with van der Waals surface area (Å²) in [4.78, 5) is 13.8. The lowest BCUT2D eigenvalue weighted by atomic mass is 10.0. The molecule has 2 heterocycles. The number of fused-ring (bicyclic) bond motifs is 1. The molecule has 0 aromatic rings. The van der Waals surface area contributed by atoms with E-state index in [1.54, 1.807) is 6.92 Å². The topological polar surface area (TPSA) is 20.3 Å². The van der Waals surface area contributed by atoms with Crippen LogP contribution in [0.25, 0.3) is 0 Å². The van der Waals surface area contributed by atoms with Gasteiger partial charge in [-0.2, -0.15) is 0 Å². The highest BCUT2D eigenvalue weighted by molar-refractivity contribution is 5.75. The van der Waals surface area contributed by atoms with E-state index in [4.69, 9.17) is 0 Å². The summed E-state index contributed by atoms with van der Waals surface area (Å²) in [5, 5.41) is 0. The van der Waals surface area contributed by atoms with Crippen LogP contribution >= 0.6 is 0 Å². The van der Waals surface area contributed by atoms with Crippen molar-refractivity contribution in [3.63, 3.8) is 0 Å². The summed E-state index contributed by atoms with van der Waals surface area (Å²) in [5.74, 6) is 0.350. The molecule has 0 amide bonds.